The molecule has 2 unspecified atom stereocenters. The fraction of sp³-hybridized carbons (Fsp3) is 0.368. The first-order chi connectivity index (χ1) is 14.1. The van der Waals surface area contributed by atoms with Gasteiger partial charge < -0.3 is 20.9 Å². The van der Waals surface area contributed by atoms with Gasteiger partial charge in [0.2, 0.25) is 0 Å². The number of amides is 1. The minimum atomic E-state index is -0.600. The summed E-state index contributed by atoms with van der Waals surface area (Å²) in [6, 6.07) is 6.28. The van der Waals surface area contributed by atoms with Crippen molar-refractivity contribution in [3.05, 3.63) is 41.2 Å². The molecule has 5 heterocycles. The highest BCUT2D eigenvalue weighted by Gasteiger charge is 2.41. The number of nitrogens with two attached hydrogens (primary N) is 1. The fourth-order valence-electron chi connectivity index (χ4n) is 4.70. The molecule has 5 rings (SSSR count). The quantitative estimate of drug-likeness (QED) is 0.566. The molecule has 148 valence electrons. The fourth-order valence-corrected chi connectivity index (χ4v) is 4.70. The molecule has 0 radical (unpaired) electrons. The van der Waals surface area contributed by atoms with E-state index in [1.54, 1.807) is 12.3 Å². The van der Waals surface area contributed by atoms with Crippen LogP contribution >= 0.6 is 0 Å². The average Bonchev–Trinajstić information content (AvgIpc) is 3.31. The van der Waals surface area contributed by atoms with Crippen LogP contribution in [0.1, 0.15) is 36.2 Å². The molecule has 2 atom stereocenters. The van der Waals surface area contributed by atoms with Crippen molar-refractivity contribution in [1.82, 2.24) is 20.2 Å². The molecule has 2 saturated heterocycles. The minimum Gasteiger partial charge on any atom is -0.380 e. The van der Waals surface area contributed by atoms with Gasteiger partial charge in [0.05, 0.1) is 11.9 Å². The number of anilines is 2. The zero-order valence-corrected chi connectivity index (χ0v) is 15.6. The Balaban J connectivity index is 1.40. The van der Waals surface area contributed by atoms with Crippen molar-refractivity contribution in [2.75, 3.05) is 10.2 Å². The van der Waals surface area contributed by atoms with Crippen LogP contribution in [0.5, 0.6) is 0 Å². The Bertz CT molecular complexity index is 1070. The van der Waals surface area contributed by atoms with E-state index in [4.69, 9.17) is 5.73 Å². The number of primary amides is 1. The molecule has 2 aliphatic rings. The lowest BCUT2D eigenvalue weighted by Crippen LogP contribution is -2.47. The maximum Gasteiger partial charge on any atom is 0.271 e. The van der Waals surface area contributed by atoms with Gasteiger partial charge in [-0.15, -0.1) is 15.1 Å². The zero-order valence-electron chi connectivity index (χ0n) is 15.6. The largest absolute Gasteiger partial charge is 0.380 e. The van der Waals surface area contributed by atoms with E-state index in [-0.39, 0.29) is 11.7 Å². The second kappa shape index (κ2) is 6.80. The monoisotopic (exact) mass is 392 g/mol. The summed E-state index contributed by atoms with van der Waals surface area (Å²) >= 11 is 0. The summed E-state index contributed by atoms with van der Waals surface area (Å²) in [6.45, 7) is 0. The van der Waals surface area contributed by atoms with E-state index in [0.29, 0.717) is 29.1 Å². The van der Waals surface area contributed by atoms with Crippen LogP contribution in [0.2, 0.25) is 0 Å². The first-order valence-corrected chi connectivity index (χ1v) is 9.62. The van der Waals surface area contributed by atoms with Crippen LogP contribution in [0.15, 0.2) is 35.8 Å². The first kappa shape index (κ1) is 17.5. The molecule has 0 saturated carbocycles. The molecule has 3 aromatic heterocycles. The van der Waals surface area contributed by atoms with Crippen LogP contribution in [-0.4, -0.2) is 44.2 Å². The van der Waals surface area contributed by atoms with Crippen LogP contribution in [0.25, 0.3) is 11.0 Å². The highest BCUT2D eigenvalue weighted by Crippen LogP contribution is 2.40. The summed E-state index contributed by atoms with van der Waals surface area (Å²) in [5, 5.41) is 15.3. The number of piperidine rings is 1. The molecule has 0 aromatic carbocycles. The van der Waals surface area contributed by atoms with Gasteiger partial charge in [-0.2, -0.15) is 0 Å². The van der Waals surface area contributed by atoms with Gasteiger partial charge in [0.25, 0.3) is 5.91 Å². The van der Waals surface area contributed by atoms with Gasteiger partial charge in [0.1, 0.15) is 11.5 Å². The van der Waals surface area contributed by atoms with Crippen molar-refractivity contribution in [1.29, 1.82) is 0 Å². The first-order valence-electron chi connectivity index (χ1n) is 9.62. The van der Waals surface area contributed by atoms with Gasteiger partial charge in [-0.1, -0.05) is 0 Å². The van der Waals surface area contributed by atoms with E-state index in [2.05, 4.69) is 35.6 Å². The Kier molecular flexibility index (Phi) is 4.11. The summed E-state index contributed by atoms with van der Waals surface area (Å²) in [5.41, 5.74) is 7.28. The number of aromatic amines is 1. The second-order valence-electron chi connectivity index (χ2n) is 7.60. The molecule has 10 heteroatoms. The third kappa shape index (κ3) is 2.96. The predicted molar refractivity (Wildman–Crippen MR) is 108 cm³/mol. The molecule has 1 amide bonds. The topological polar surface area (TPSA) is 142 Å². The third-order valence-electron chi connectivity index (χ3n) is 5.90. The van der Waals surface area contributed by atoms with Crippen molar-refractivity contribution >= 4 is 34.1 Å². The number of hydrogen-bond acceptors (Lipinski definition) is 8. The van der Waals surface area contributed by atoms with Crippen LogP contribution in [-0.2, 0) is 0 Å². The van der Waals surface area contributed by atoms with Crippen molar-refractivity contribution in [2.24, 2.45) is 10.9 Å². The lowest BCUT2D eigenvalue weighted by atomic mass is 9.96. The lowest BCUT2D eigenvalue weighted by Gasteiger charge is -2.40. The Morgan fingerprint density at radius 1 is 1.21 bits per heavy atom. The SMILES string of the molecule is NC(=O)c1nnc2[nH]ccc2c1NC1CC2CCC(C1)N2c1ccc(N=O)cn1. The number of hydrogen-bond donors (Lipinski definition) is 3. The molecule has 29 heavy (non-hydrogen) atoms. The molecule has 2 fully saturated rings. The summed E-state index contributed by atoms with van der Waals surface area (Å²) < 4.78 is 0. The Morgan fingerprint density at radius 3 is 2.66 bits per heavy atom. The standard InChI is InChI=1S/C19H20N8O2/c20-18(28)17-16(14-5-6-21-19(14)25-24-17)23-11-7-12-2-3-13(8-11)27(12)15-4-1-10(26-29)9-22-15/h1,4-6,9,11-13H,2-3,7-8H2,(H2,20,28)(H2,21,23,25). The maximum atomic E-state index is 11.9. The van der Waals surface area contributed by atoms with E-state index in [1.165, 1.54) is 6.20 Å². The van der Waals surface area contributed by atoms with Crippen LogP contribution in [0, 0.1) is 4.91 Å². The molecular weight excluding hydrogens is 372 g/mol. The molecule has 3 aromatic rings. The number of carbonyl (C=O) groups excluding carboxylic acids is 1. The van der Waals surface area contributed by atoms with Gasteiger partial charge in [-0.05, 0) is 49.1 Å². The van der Waals surface area contributed by atoms with Gasteiger partial charge in [0, 0.05) is 29.7 Å². The highest BCUT2D eigenvalue weighted by atomic mass is 16.3. The molecule has 4 N–H and O–H groups in total. The highest BCUT2D eigenvalue weighted by molar-refractivity contribution is 6.04. The molecule has 2 aliphatic heterocycles. The summed E-state index contributed by atoms with van der Waals surface area (Å²) in [7, 11) is 0. The van der Waals surface area contributed by atoms with Crippen molar-refractivity contribution < 1.29 is 4.79 Å². The number of rotatable bonds is 5. The van der Waals surface area contributed by atoms with Gasteiger partial charge in [0.15, 0.2) is 11.3 Å². The van der Waals surface area contributed by atoms with E-state index in [9.17, 15) is 9.70 Å². The number of carbonyl (C=O) groups is 1. The summed E-state index contributed by atoms with van der Waals surface area (Å²) in [6.07, 6.45) is 7.24. The minimum absolute atomic E-state index is 0.158. The summed E-state index contributed by atoms with van der Waals surface area (Å²) in [4.78, 5) is 32.3. The number of nitrogens with one attached hydrogen (secondary N) is 2. The Hall–Kier alpha value is -3.56. The number of pyridine rings is 1. The molecule has 10 nitrogen and oxygen atoms in total. The van der Waals surface area contributed by atoms with Crippen molar-refractivity contribution in [3.8, 4) is 0 Å². The van der Waals surface area contributed by atoms with Crippen LogP contribution in [0.4, 0.5) is 17.2 Å². The van der Waals surface area contributed by atoms with Crippen molar-refractivity contribution in [3.63, 3.8) is 0 Å². The number of aromatic nitrogens is 4. The van der Waals surface area contributed by atoms with Crippen molar-refractivity contribution in [2.45, 2.75) is 43.8 Å². The van der Waals surface area contributed by atoms with Gasteiger partial charge >= 0.3 is 0 Å². The number of nitroso groups, excluding NO2 is 1. The van der Waals surface area contributed by atoms with E-state index >= 15 is 0 Å². The van der Waals surface area contributed by atoms with E-state index in [0.717, 1.165) is 36.9 Å². The number of fused-ring (bicyclic) bond motifs is 3. The average molecular weight is 392 g/mol. The molecule has 2 bridgehead atoms. The third-order valence-corrected chi connectivity index (χ3v) is 5.90. The molecule has 0 spiro atoms. The zero-order chi connectivity index (χ0) is 20.0. The molecular formula is C19H20N8O2. The maximum absolute atomic E-state index is 11.9. The second-order valence-corrected chi connectivity index (χ2v) is 7.60. The molecule has 0 aliphatic carbocycles. The van der Waals surface area contributed by atoms with Crippen LogP contribution < -0.4 is 16.0 Å². The predicted octanol–water partition coefficient (Wildman–Crippen LogP) is 2.46. The number of H-pyrrole nitrogens is 1. The number of nitrogens with zero attached hydrogens (tertiary/aromatic N) is 5. The summed E-state index contributed by atoms with van der Waals surface area (Å²) in [5.74, 6) is 0.274. The lowest BCUT2D eigenvalue weighted by molar-refractivity contribution is 0.0995. The normalized spacial score (nSPS) is 23.3. The van der Waals surface area contributed by atoms with Gasteiger partial charge in [-0.3, -0.25) is 4.79 Å². The van der Waals surface area contributed by atoms with E-state index in [1.807, 2.05) is 12.1 Å². The van der Waals surface area contributed by atoms with E-state index < -0.39 is 5.91 Å². The smallest absolute Gasteiger partial charge is 0.271 e. The Morgan fingerprint density at radius 2 is 2.00 bits per heavy atom. The van der Waals surface area contributed by atoms with Gasteiger partial charge in [-0.25, -0.2) is 4.98 Å². The van der Waals surface area contributed by atoms with Crippen LogP contribution in [0.3, 0.4) is 0 Å². The Labute approximate surface area is 165 Å².